The normalized spacial score (nSPS) is 12.5. The monoisotopic (exact) mass is 319 g/mol. The second kappa shape index (κ2) is 9.29. The molecule has 0 saturated heterocycles. The Bertz CT molecular complexity index is 490. The number of hydrogen-bond donors (Lipinski definition) is 1. The summed E-state index contributed by atoms with van der Waals surface area (Å²) in [7, 11) is 0. The van der Waals surface area contributed by atoms with Gasteiger partial charge in [0.15, 0.2) is 0 Å². The van der Waals surface area contributed by atoms with Crippen molar-refractivity contribution >= 4 is 23.1 Å². The summed E-state index contributed by atoms with van der Waals surface area (Å²) in [5.74, 6) is 1.13. The Balaban J connectivity index is 1.99. The van der Waals surface area contributed by atoms with E-state index in [0.29, 0.717) is 6.04 Å². The van der Waals surface area contributed by atoms with Crippen LogP contribution in [-0.2, 0) is 6.42 Å². The van der Waals surface area contributed by atoms with Crippen molar-refractivity contribution in [1.82, 2.24) is 5.32 Å². The van der Waals surface area contributed by atoms with E-state index in [-0.39, 0.29) is 0 Å². The third-order valence-electron chi connectivity index (χ3n) is 3.49. The average Bonchev–Trinajstić information content (AvgIpc) is 3.02. The first kappa shape index (κ1) is 16.6. The molecular weight excluding hydrogens is 294 g/mol. The highest BCUT2D eigenvalue weighted by atomic mass is 32.2. The molecule has 1 aromatic carbocycles. The van der Waals surface area contributed by atoms with Gasteiger partial charge in [-0.15, -0.1) is 23.1 Å². The maximum absolute atomic E-state index is 3.70. The third kappa shape index (κ3) is 5.50. The average molecular weight is 320 g/mol. The highest BCUT2D eigenvalue weighted by Crippen LogP contribution is 2.24. The number of thioether (sulfide) groups is 1. The van der Waals surface area contributed by atoms with Gasteiger partial charge in [-0.25, -0.2) is 0 Å². The number of aryl methyl sites for hydroxylation is 1. The topological polar surface area (TPSA) is 12.0 Å². The summed E-state index contributed by atoms with van der Waals surface area (Å²) in [5, 5.41) is 5.86. The lowest BCUT2D eigenvalue weighted by atomic mass is 10.0. The number of nitrogens with one attached hydrogen (secondary N) is 1. The van der Waals surface area contributed by atoms with Crippen LogP contribution in [-0.4, -0.2) is 12.3 Å². The molecule has 0 radical (unpaired) electrons. The van der Waals surface area contributed by atoms with E-state index in [1.165, 1.54) is 28.2 Å². The van der Waals surface area contributed by atoms with Gasteiger partial charge in [0.2, 0.25) is 0 Å². The largest absolute Gasteiger partial charge is 0.310 e. The Morgan fingerprint density at radius 2 is 1.95 bits per heavy atom. The highest BCUT2D eigenvalue weighted by Gasteiger charge is 2.11. The predicted molar refractivity (Wildman–Crippen MR) is 96.5 cm³/mol. The summed E-state index contributed by atoms with van der Waals surface area (Å²) in [6, 6.07) is 13.9. The van der Waals surface area contributed by atoms with Crippen molar-refractivity contribution in [2.75, 3.05) is 12.3 Å². The lowest BCUT2D eigenvalue weighted by molar-refractivity contribution is 0.500. The van der Waals surface area contributed by atoms with Crippen molar-refractivity contribution in [2.45, 2.75) is 44.0 Å². The Labute approximate surface area is 137 Å². The van der Waals surface area contributed by atoms with E-state index >= 15 is 0 Å². The summed E-state index contributed by atoms with van der Waals surface area (Å²) in [6.45, 7) is 5.51. The van der Waals surface area contributed by atoms with E-state index in [1.54, 1.807) is 0 Å². The van der Waals surface area contributed by atoms with Crippen LogP contribution in [0.15, 0.2) is 46.7 Å². The molecule has 1 atom stereocenters. The molecule has 0 amide bonds. The van der Waals surface area contributed by atoms with Crippen LogP contribution < -0.4 is 5.32 Å². The fourth-order valence-corrected chi connectivity index (χ4v) is 3.80. The van der Waals surface area contributed by atoms with E-state index in [0.717, 1.165) is 18.7 Å². The van der Waals surface area contributed by atoms with Crippen LogP contribution in [0.4, 0.5) is 0 Å². The molecule has 1 heterocycles. The quantitative estimate of drug-likeness (QED) is 0.610. The second-order valence-corrected chi connectivity index (χ2v) is 7.50. The summed E-state index contributed by atoms with van der Waals surface area (Å²) in [4.78, 5) is 2.85. The zero-order valence-corrected chi connectivity index (χ0v) is 14.6. The van der Waals surface area contributed by atoms with Gasteiger partial charge in [0.05, 0.1) is 0 Å². The fourth-order valence-electron chi connectivity index (χ4n) is 2.41. The van der Waals surface area contributed by atoms with E-state index in [9.17, 15) is 0 Å². The number of rotatable bonds is 9. The first-order valence-electron chi connectivity index (χ1n) is 7.82. The molecule has 3 heteroatoms. The molecule has 21 heavy (non-hydrogen) atoms. The zero-order chi connectivity index (χ0) is 14.9. The third-order valence-corrected chi connectivity index (χ3v) is 5.32. The lowest BCUT2D eigenvalue weighted by Crippen LogP contribution is -2.22. The van der Waals surface area contributed by atoms with Gasteiger partial charge >= 0.3 is 0 Å². The summed E-state index contributed by atoms with van der Waals surface area (Å²) >= 11 is 3.77. The minimum Gasteiger partial charge on any atom is -0.310 e. The molecular formula is C18H25NS2. The first-order chi connectivity index (χ1) is 10.3. The van der Waals surface area contributed by atoms with Crippen molar-refractivity contribution in [3.63, 3.8) is 0 Å². The molecule has 1 unspecified atom stereocenters. The van der Waals surface area contributed by atoms with Gasteiger partial charge in [-0.3, -0.25) is 0 Å². The molecule has 0 aliphatic rings. The summed E-state index contributed by atoms with van der Waals surface area (Å²) in [6.07, 6.45) is 3.50. The second-order valence-electron chi connectivity index (χ2n) is 5.13. The van der Waals surface area contributed by atoms with E-state index in [2.05, 4.69) is 60.9 Å². The molecule has 0 bridgehead atoms. The Morgan fingerprint density at radius 3 is 2.57 bits per heavy atom. The minimum absolute atomic E-state index is 0.465. The summed E-state index contributed by atoms with van der Waals surface area (Å²) in [5.41, 5.74) is 1.42. The van der Waals surface area contributed by atoms with Crippen molar-refractivity contribution in [1.29, 1.82) is 0 Å². The first-order valence-corrected chi connectivity index (χ1v) is 9.68. The standard InChI is InChI=1S/C18H25NS2/c1-3-13-19-18(12-11-16-6-5-14-21-16)15-7-9-17(10-8-15)20-4-2/h5-10,14,18-19H,3-4,11-13H2,1-2H3. The van der Waals surface area contributed by atoms with E-state index < -0.39 is 0 Å². The maximum atomic E-state index is 3.70. The Kier molecular flexibility index (Phi) is 7.34. The molecule has 0 aliphatic carbocycles. The predicted octanol–water partition coefficient (Wildman–Crippen LogP) is 5.53. The summed E-state index contributed by atoms with van der Waals surface area (Å²) < 4.78 is 0. The van der Waals surface area contributed by atoms with E-state index in [1.807, 2.05) is 23.1 Å². The molecule has 2 rings (SSSR count). The molecule has 2 aromatic rings. The van der Waals surface area contributed by atoms with Crippen LogP contribution in [0.3, 0.4) is 0 Å². The van der Waals surface area contributed by atoms with Crippen LogP contribution in [0.5, 0.6) is 0 Å². The van der Waals surface area contributed by atoms with E-state index in [4.69, 9.17) is 0 Å². The van der Waals surface area contributed by atoms with Gasteiger partial charge in [0, 0.05) is 15.8 Å². The van der Waals surface area contributed by atoms with Crippen molar-refractivity contribution in [3.05, 3.63) is 52.2 Å². The van der Waals surface area contributed by atoms with Crippen LogP contribution in [0.2, 0.25) is 0 Å². The smallest absolute Gasteiger partial charge is 0.0323 e. The molecule has 1 nitrogen and oxygen atoms in total. The van der Waals surface area contributed by atoms with Gasteiger partial charge in [-0.05, 0) is 60.7 Å². The van der Waals surface area contributed by atoms with Crippen LogP contribution in [0.25, 0.3) is 0 Å². The molecule has 114 valence electrons. The van der Waals surface area contributed by atoms with Crippen molar-refractivity contribution < 1.29 is 0 Å². The minimum atomic E-state index is 0.465. The lowest BCUT2D eigenvalue weighted by Gasteiger charge is -2.19. The van der Waals surface area contributed by atoms with Gasteiger partial charge in [-0.1, -0.05) is 32.0 Å². The van der Waals surface area contributed by atoms with Crippen LogP contribution >= 0.6 is 23.1 Å². The van der Waals surface area contributed by atoms with Crippen LogP contribution in [0.1, 0.15) is 43.2 Å². The van der Waals surface area contributed by atoms with Gasteiger partial charge in [0.25, 0.3) is 0 Å². The van der Waals surface area contributed by atoms with Gasteiger partial charge in [0.1, 0.15) is 0 Å². The molecule has 0 saturated carbocycles. The Hall–Kier alpha value is -0.770. The van der Waals surface area contributed by atoms with Crippen LogP contribution in [0, 0.1) is 0 Å². The number of thiophene rings is 1. The highest BCUT2D eigenvalue weighted by molar-refractivity contribution is 7.99. The van der Waals surface area contributed by atoms with Gasteiger partial charge in [-0.2, -0.15) is 0 Å². The SMILES string of the molecule is CCCNC(CCc1cccs1)c1ccc(SCC)cc1. The molecule has 1 N–H and O–H groups in total. The number of hydrogen-bond acceptors (Lipinski definition) is 3. The maximum Gasteiger partial charge on any atom is 0.0323 e. The molecule has 1 aromatic heterocycles. The zero-order valence-electron chi connectivity index (χ0n) is 13.0. The Morgan fingerprint density at radius 1 is 1.14 bits per heavy atom. The molecule has 0 spiro atoms. The number of benzene rings is 1. The molecule has 0 aliphatic heterocycles. The van der Waals surface area contributed by atoms with Crippen molar-refractivity contribution in [2.24, 2.45) is 0 Å². The van der Waals surface area contributed by atoms with Crippen molar-refractivity contribution in [3.8, 4) is 0 Å². The van der Waals surface area contributed by atoms with Gasteiger partial charge < -0.3 is 5.32 Å². The fraction of sp³-hybridized carbons (Fsp3) is 0.444. The molecule has 0 fully saturated rings.